The van der Waals surface area contributed by atoms with Crippen LogP contribution in [-0.4, -0.2) is 22.6 Å². The van der Waals surface area contributed by atoms with Crippen LogP contribution in [0, 0.1) is 0 Å². The maximum Gasteiger partial charge on any atom is 0.317 e. The molecule has 0 spiro atoms. The fourth-order valence-electron chi connectivity index (χ4n) is 1.62. The van der Waals surface area contributed by atoms with Crippen LogP contribution in [0.3, 0.4) is 0 Å². The number of carboxylic acid groups (broad SMARTS) is 1. The minimum absolute atomic E-state index is 0.0385. The monoisotopic (exact) mass is 216 g/mol. The highest BCUT2D eigenvalue weighted by molar-refractivity contribution is 5.84. The van der Waals surface area contributed by atoms with Crippen molar-refractivity contribution in [1.29, 1.82) is 0 Å². The average molecular weight is 216 g/mol. The van der Waals surface area contributed by atoms with E-state index >= 15 is 0 Å². The van der Waals surface area contributed by atoms with Crippen LogP contribution in [0.1, 0.15) is 5.56 Å². The first-order valence-electron chi connectivity index (χ1n) is 5.01. The SMILES string of the molecule is O=C(O)CNCc1cncc2ccccc12. The van der Waals surface area contributed by atoms with Crippen molar-refractivity contribution in [2.45, 2.75) is 6.54 Å². The van der Waals surface area contributed by atoms with Crippen molar-refractivity contribution in [2.75, 3.05) is 6.54 Å². The number of hydrogen-bond donors (Lipinski definition) is 2. The molecule has 0 unspecified atom stereocenters. The van der Waals surface area contributed by atoms with Crippen LogP contribution in [0.25, 0.3) is 10.8 Å². The lowest BCUT2D eigenvalue weighted by molar-refractivity contribution is -0.135. The molecule has 0 fully saturated rings. The van der Waals surface area contributed by atoms with Crippen LogP contribution in [0.4, 0.5) is 0 Å². The Kier molecular flexibility index (Phi) is 3.12. The number of pyridine rings is 1. The van der Waals surface area contributed by atoms with E-state index in [1.165, 1.54) is 0 Å². The van der Waals surface area contributed by atoms with E-state index in [2.05, 4.69) is 10.3 Å². The van der Waals surface area contributed by atoms with E-state index in [4.69, 9.17) is 5.11 Å². The van der Waals surface area contributed by atoms with E-state index < -0.39 is 5.97 Å². The number of aromatic nitrogens is 1. The lowest BCUT2D eigenvalue weighted by atomic mass is 10.1. The second kappa shape index (κ2) is 4.72. The summed E-state index contributed by atoms with van der Waals surface area (Å²) in [4.78, 5) is 14.5. The summed E-state index contributed by atoms with van der Waals surface area (Å²) < 4.78 is 0. The molecule has 1 aromatic carbocycles. The summed E-state index contributed by atoms with van der Waals surface area (Å²) in [5.74, 6) is -0.854. The lowest BCUT2D eigenvalue weighted by Gasteiger charge is -2.05. The van der Waals surface area contributed by atoms with Crippen molar-refractivity contribution in [3.05, 3.63) is 42.2 Å². The van der Waals surface area contributed by atoms with Gasteiger partial charge in [-0.05, 0) is 10.9 Å². The molecular weight excluding hydrogens is 204 g/mol. The molecule has 4 nitrogen and oxygen atoms in total. The number of nitrogens with zero attached hydrogens (tertiary/aromatic N) is 1. The third-order valence-electron chi connectivity index (χ3n) is 2.34. The summed E-state index contributed by atoms with van der Waals surface area (Å²) in [6.07, 6.45) is 3.56. The van der Waals surface area contributed by atoms with Gasteiger partial charge >= 0.3 is 5.97 Å². The lowest BCUT2D eigenvalue weighted by Crippen LogP contribution is -2.22. The number of aliphatic carboxylic acids is 1. The van der Waals surface area contributed by atoms with E-state index in [-0.39, 0.29) is 6.54 Å². The first-order chi connectivity index (χ1) is 7.77. The summed E-state index contributed by atoms with van der Waals surface area (Å²) in [5.41, 5.74) is 1.01. The molecule has 0 saturated carbocycles. The number of nitrogens with one attached hydrogen (secondary N) is 1. The molecule has 2 rings (SSSR count). The second-order valence-electron chi connectivity index (χ2n) is 3.52. The summed E-state index contributed by atoms with van der Waals surface area (Å²) in [5, 5.41) is 13.6. The molecule has 0 bridgehead atoms. The number of carbonyl (C=O) groups is 1. The fraction of sp³-hybridized carbons (Fsp3) is 0.167. The van der Waals surface area contributed by atoms with Crippen molar-refractivity contribution in [3.8, 4) is 0 Å². The Morgan fingerprint density at radius 1 is 1.31 bits per heavy atom. The minimum atomic E-state index is -0.854. The Morgan fingerprint density at radius 3 is 2.94 bits per heavy atom. The molecule has 16 heavy (non-hydrogen) atoms. The van der Waals surface area contributed by atoms with Gasteiger partial charge in [0.1, 0.15) is 0 Å². The molecule has 0 saturated heterocycles. The molecular formula is C12H12N2O2. The first-order valence-corrected chi connectivity index (χ1v) is 5.01. The maximum atomic E-state index is 10.4. The van der Waals surface area contributed by atoms with E-state index in [9.17, 15) is 4.79 Å². The van der Waals surface area contributed by atoms with Gasteiger partial charge in [0.05, 0.1) is 6.54 Å². The van der Waals surface area contributed by atoms with Gasteiger partial charge in [0.25, 0.3) is 0 Å². The summed E-state index contributed by atoms with van der Waals surface area (Å²) in [6, 6.07) is 7.92. The van der Waals surface area contributed by atoms with Crippen LogP contribution < -0.4 is 5.32 Å². The Hall–Kier alpha value is -1.94. The molecule has 2 aromatic rings. The molecule has 2 N–H and O–H groups in total. The standard InChI is InChI=1S/C12H12N2O2/c15-12(16)8-14-7-10-6-13-5-9-3-1-2-4-11(9)10/h1-6,14H,7-8H2,(H,15,16). The van der Waals surface area contributed by atoms with Gasteiger partial charge in [-0.3, -0.25) is 9.78 Å². The Balaban J connectivity index is 2.20. The molecule has 0 atom stereocenters. The minimum Gasteiger partial charge on any atom is -0.480 e. The van der Waals surface area contributed by atoms with E-state index in [0.717, 1.165) is 16.3 Å². The Morgan fingerprint density at radius 2 is 2.12 bits per heavy atom. The number of carboxylic acids is 1. The number of rotatable bonds is 4. The van der Waals surface area contributed by atoms with Crippen LogP contribution in [-0.2, 0) is 11.3 Å². The van der Waals surface area contributed by atoms with Crippen LogP contribution in [0.2, 0.25) is 0 Å². The molecule has 0 aliphatic heterocycles. The van der Waals surface area contributed by atoms with E-state index in [0.29, 0.717) is 6.54 Å². The zero-order valence-electron chi connectivity index (χ0n) is 8.68. The molecule has 0 radical (unpaired) electrons. The number of benzene rings is 1. The summed E-state index contributed by atoms with van der Waals surface area (Å²) in [7, 11) is 0. The van der Waals surface area contributed by atoms with Crippen molar-refractivity contribution in [2.24, 2.45) is 0 Å². The fourth-order valence-corrected chi connectivity index (χ4v) is 1.62. The third kappa shape index (κ3) is 2.35. The van der Waals surface area contributed by atoms with Crippen molar-refractivity contribution >= 4 is 16.7 Å². The topological polar surface area (TPSA) is 62.2 Å². The number of hydrogen-bond acceptors (Lipinski definition) is 3. The quantitative estimate of drug-likeness (QED) is 0.811. The molecule has 4 heteroatoms. The van der Waals surface area contributed by atoms with Crippen molar-refractivity contribution in [1.82, 2.24) is 10.3 Å². The zero-order valence-corrected chi connectivity index (χ0v) is 8.68. The maximum absolute atomic E-state index is 10.4. The van der Waals surface area contributed by atoms with Gasteiger partial charge in [0.15, 0.2) is 0 Å². The van der Waals surface area contributed by atoms with Gasteiger partial charge in [-0.1, -0.05) is 24.3 Å². The van der Waals surface area contributed by atoms with Crippen LogP contribution in [0.15, 0.2) is 36.7 Å². The summed E-state index contributed by atoms with van der Waals surface area (Å²) in [6.45, 7) is 0.476. The van der Waals surface area contributed by atoms with Crippen molar-refractivity contribution < 1.29 is 9.90 Å². The normalized spacial score (nSPS) is 10.5. The van der Waals surface area contributed by atoms with Gasteiger partial charge in [0, 0.05) is 24.3 Å². The van der Waals surface area contributed by atoms with Gasteiger partial charge in [-0.25, -0.2) is 0 Å². The Labute approximate surface area is 92.9 Å². The molecule has 82 valence electrons. The first kappa shape index (κ1) is 10.6. The summed E-state index contributed by atoms with van der Waals surface area (Å²) >= 11 is 0. The van der Waals surface area contributed by atoms with Crippen molar-refractivity contribution in [3.63, 3.8) is 0 Å². The zero-order chi connectivity index (χ0) is 11.4. The van der Waals surface area contributed by atoms with Gasteiger partial charge < -0.3 is 10.4 Å². The highest BCUT2D eigenvalue weighted by Crippen LogP contribution is 2.16. The molecule has 0 amide bonds. The molecule has 1 heterocycles. The van der Waals surface area contributed by atoms with Gasteiger partial charge in [-0.2, -0.15) is 0 Å². The highest BCUT2D eigenvalue weighted by Gasteiger charge is 2.01. The molecule has 1 aromatic heterocycles. The van der Waals surface area contributed by atoms with E-state index in [1.54, 1.807) is 12.4 Å². The van der Waals surface area contributed by atoms with Gasteiger partial charge in [0.2, 0.25) is 0 Å². The predicted octanol–water partition coefficient (Wildman–Crippen LogP) is 1.41. The van der Waals surface area contributed by atoms with Gasteiger partial charge in [-0.15, -0.1) is 0 Å². The smallest absolute Gasteiger partial charge is 0.317 e. The Bertz CT molecular complexity index is 506. The molecule has 0 aliphatic rings. The van der Waals surface area contributed by atoms with Crippen LogP contribution in [0.5, 0.6) is 0 Å². The average Bonchev–Trinajstić information content (AvgIpc) is 2.29. The van der Waals surface area contributed by atoms with E-state index in [1.807, 2.05) is 24.3 Å². The highest BCUT2D eigenvalue weighted by atomic mass is 16.4. The number of fused-ring (bicyclic) bond motifs is 1. The second-order valence-corrected chi connectivity index (χ2v) is 3.52. The predicted molar refractivity (Wildman–Crippen MR) is 61.1 cm³/mol. The molecule has 0 aliphatic carbocycles. The third-order valence-corrected chi connectivity index (χ3v) is 2.34. The van der Waals surface area contributed by atoms with Crippen LogP contribution >= 0.6 is 0 Å². The largest absolute Gasteiger partial charge is 0.480 e.